The Labute approximate surface area is 171 Å². The molecule has 7 heteroatoms. The Hall–Kier alpha value is -2.70. The Morgan fingerprint density at radius 1 is 1.28 bits per heavy atom. The zero-order valence-corrected chi connectivity index (χ0v) is 17.9. The van der Waals surface area contributed by atoms with Gasteiger partial charge in [0.25, 0.3) is 0 Å². The third-order valence-corrected chi connectivity index (χ3v) is 6.26. The summed E-state index contributed by atoms with van der Waals surface area (Å²) in [5.74, 6) is 1.22. The number of aromatic nitrogens is 3. The maximum absolute atomic E-state index is 11.5. The van der Waals surface area contributed by atoms with Crippen LogP contribution in [0.15, 0.2) is 18.3 Å². The molecule has 1 atom stereocenters. The molecule has 29 heavy (non-hydrogen) atoms. The maximum atomic E-state index is 11.5. The smallest absolute Gasteiger partial charge is 0.319 e. The lowest BCUT2D eigenvalue weighted by Crippen LogP contribution is -2.40. The van der Waals surface area contributed by atoms with Crippen LogP contribution in [0, 0.1) is 6.92 Å². The first-order valence-electron chi connectivity index (χ1n) is 10.3. The first-order valence-corrected chi connectivity index (χ1v) is 10.3. The fourth-order valence-electron chi connectivity index (χ4n) is 4.11. The summed E-state index contributed by atoms with van der Waals surface area (Å²) in [6, 6.07) is 4.35. The third kappa shape index (κ3) is 3.66. The maximum Gasteiger partial charge on any atom is 0.319 e. The summed E-state index contributed by atoms with van der Waals surface area (Å²) in [7, 11) is 0. The molecule has 0 saturated heterocycles. The molecule has 3 heterocycles. The molecule has 1 N–H and O–H groups in total. The van der Waals surface area contributed by atoms with Crippen LogP contribution in [0.2, 0.25) is 0 Å². The van der Waals surface area contributed by atoms with Gasteiger partial charge in [-0.05, 0) is 39.5 Å². The lowest BCUT2D eigenvalue weighted by atomic mass is 9.82. The van der Waals surface area contributed by atoms with Crippen LogP contribution in [-0.4, -0.2) is 33.0 Å². The minimum atomic E-state index is -0.158. The van der Waals surface area contributed by atoms with E-state index in [2.05, 4.69) is 41.0 Å². The number of anilines is 3. The van der Waals surface area contributed by atoms with Gasteiger partial charge in [0, 0.05) is 48.5 Å². The molecule has 1 aliphatic carbocycles. The fourth-order valence-corrected chi connectivity index (χ4v) is 4.11. The standard InChI is InChI=1S/C22H29N5O2/c1-6-21(4)13-27(17-11-18(25-15(3)28)23-12-16(17)21)19-10-14(2)24-20(26-19)29-22(5)8-7-9-22/h10-12H,6-9,13H2,1-5H3,(H,23,25,28). The molecule has 0 bridgehead atoms. The Bertz CT molecular complexity index is 956. The van der Waals surface area contributed by atoms with Crippen LogP contribution in [0.1, 0.15) is 64.6 Å². The minimum absolute atomic E-state index is 0.0447. The monoisotopic (exact) mass is 395 g/mol. The molecule has 1 aliphatic heterocycles. The molecule has 1 unspecified atom stereocenters. The molecule has 0 spiro atoms. The van der Waals surface area contributed by atoms with Crippen molar-refractivity contribution in [1.82, 2.24) is 15.0 Å². The summed E-state index contributed by atoms with van der Waals surface area (Å²) in [5.41, 5.74) is 2.85. The number of amides is 1. The number of pyridine rings is 1. The summed E-state index contributed by atoms with van der Waals surface area (Å²) in [6.45, 7) is 10.8. The van der Waals surface area contributed by atoms with Crippen LogP contribution in [0.5, 0.6) is 6.01 Å². The molecule has 154 valence electrons. The largest absolute Gasteiger partial charge is 0.457 e. The van der Waals surface area contributed by atoms with Crippen LogP contribution in [0.25, 0.3) is 0 Å². The summed E-state index contributed by atoms with van der Waals surface area (Å²) < 4.78 is 6.14. The van der Waals surface area contributed by atoms with Crippen molar-refractivity contribution in [2.75, 3.05) is 16.8 Å². The minimum Gasteiger partial charge on any atom is -0.457 e. The van der Waals surface area contributed by atoms with Gasteiger partial charge in [-0.1, -0.05) is 13.8 Å². The van der Waals surface area contributed by atoms with Gasteiger partial charge >= 0.3 is 6.01 Å². The number of nitrogens with zero attached hydrogens (tertiary/aromatic N) is 4. The summed E-state index contributed by atoms with van der Waals surface area (Å²) >= 11 is 0. The van der Waals surface area contributed by atoms with Crippen molar-refractivity contribution in [3.63, 3.8) is 0 Å². The van der Waals surface area contributed by atoms with Crippen LogP contribution in [0.3, 0.4) is 0 Å². The van der Waals surface area contributed by atoms with Crippen LogP contribution >= 0.6 is 0 Å². The average molecular weight is 396 g/mol. The number of fused-ring (bicyclic) bond motifs is 1. The van der Waals surface area contributed by atoms with Crippen molar-refractivity contribution < 1.29 is 9.53 Å². The van der Waals surface area contributed by atoms with E-state index in [0.29, 0.717) is 11.8 Å². The Kier molecular flexibility index (Phi) is 4.71. The van der Waals surface area contributed by atoms with E-state index in [1.165, 1.54) is 18.9 Å². The van der Waals surface area contributed by atoms with Crippen LogP contribution < -0.4 is 15.0 Å². The summed E-state index contributed by atoms with van der Waals surface area (Å²) in [4.78, 5) is 27.4. The van der Waals surface area contributed by atoms with Crippen molar-refractivity contribution in [2.45, 2.75) is 71.3 Å². The summed E-state index contributed by atoms with van der Waals surface area (Å²) in [5, 5.41) is 2.79. The van der Waals surface area contributed by atoms with E-state index in [9.17, 15) is 4.79 Å². The van der Waals surface area contributed by atoms with Gasteiger partial charge in [0.05, 0.1) is 5.69 Å². The second kappa shape index (κ2) is 6.97. The van der Waals surface area contributed by atoms with Crippen molar-refractivity contribution in [2.24, 2.45) is 0 Å². The first-order chi connectivity index (χ1) is 13.7. The zero-order chi connectivity index (χ0) is 20.8. The quantitative estimate of drug-likeness (QED) is 0.814. The molecule has 4 rings (SSSR count). The van der Waals surface area contributed by atoms with E-state index in [4.69, 9.17) is 9.72 Å². The number of ether oxygens (including phenoxy) is 1. The van der Waals surface area contributed by atoms with Gasteiger partial charge < -0.3 is 15.0 Å². The van der Waals surface area contributed by atoms with E-state index in [0.717, 1.165) is 43.0 Å². The number of hydrogen-bond acceptors (Lipinski definition) is 6. The highest BCUT2D eigenvalue weighted by Crippen LogP contribution is 2.46. The molecule has 2 aliphatic rings. The third-order valence-electron chi connectivity index (χ3n) is 6.26. The number of carbonyl (C=O) groups excluding carboxylic acids is 1. The number of nitrogens with one attached hydrogen (secondary N) is 1. The molecule has 7 nitrogen and oxygen atoms in total. The predicted molar refractivity (Wildman–Crippen MR) is 113 cm³/mol. The zero-order valence-electron chi connectivity index (χ0n) is 17.9. The Morgan fingerprint density at radius 3 is 2.66 bits per heavy atom. The van der Waals surface area contributed by atoms with Gasteiger partial charge in [0.15, 0.2) is 0 Å². The Balaban J connectivity index is 1.74. The van der Waals surface area contributed by atoms with Crippen molar-refractivity contribution in [1.29, 1.82) is 0 Å². The van der Waals surface area contributed by atoms with Crippen molar-refractivity contribution in [3.8, 4) is 6.01 Å². The van der Waals surface area contributed by atoms with Crippen molar-refractivity contribution in [3.05, 3.63) is 29.6 Å². The molecular weight excluding hydrogens is 366 g/mol. The van der Waals surface area contributed by atoms with Crippen LogP contribution in [0.4, 0.5) is 17.3 Å². The highest BCUT2D eigenvalue weighted by molar-refractivity contribution is 5.88. The first kappa shape index (κ1) is 19.6. The molecule has 1 fully saturated rings. The normalized spacial score (nSPS) is 22.0. The van der Waals surface area contributed by atoms with Gasteiger partial charge in [-0.25, -0.2) is 9.97 Å². The highest BCUT2D eigenvalue weighted by Gasteiger charge is 2.40. The van der Waals surface area contributed by atoms with Crippen molar-refractivity contribution >= 4 is 23.2 Å². The molecule has 1 saturated carbocycles. The predicted octanol–water partition coefficient (Wildman–Crippen LogP) is 4.28. The lowest BCUT2D eigenvalue weighted by molar-refractivity contribution is -0.114. The second-order valence-corrected chi connectivity index (χ2v) is 8.82. The van der Waals surface area contributed by atoms with E-state index in [1.807, 2.05) is 25.3 Å². The SMILES string of the molecule is CCC1(C)CN(c2cc(C)nc(OC3(C)CCC3)n2)c2cc(NC(C)=O)ncc21. The molecule has 1 amide bonds. The molecular formula is C22H29N5O2. The number of hydrogen-bond donors (Lipinski definition) is 1. The molecule has 2 aromatic rings. The van der Waals surface area contributed by atoms with Gasteiger partial charge in [0.2, 0.25) is 5.91 Å². The number of aryl methyl sites for hydroxylation is 1. The Morgan fingerprint density at radius 2 is 2.03 bits per heavy atom. The highest BCUT2D eigenvalue weighted by atomic mass is 16.5. The van der Waals surface area contributed by atoms with E-state index >= 15 is 0 Å². The second-order valence-electron chi connectivity index (χ2n) is 8.82. The number of carbonyl (C=O) groups is 1. The van der Waals surface area contributed by atoms with E-state index < -0.39 is 0 Å². The van der Waals surface area contributed by atoms with Gasteiger partial charge in [0.1, 0.15) is 17.2 Å². The van der Waals surface area contributed by atoms with Gasteiger partial charge in [-0.3, -0.25) is 4.79 Å². The van der Waals surface area contributed by atoms with Gasteiger partial charge in [-0.15, -0.1) is 0 Å². The molecule has 0 radical (unpaired) electrons. The fraction of sp³-hybridized carbons (Fsp3) is 0.545. The topological polar surface area (TPSA) is 80.2 Å². The van der Waals surface area contributed by atoms with E-state index in [-0.39, 0.29) is 16.9 Å². The van der Waals surface area contributed by atoms with Crippen LogP contribution in [-0.2, 0) is 10.2 Å². The van der Waals surface area contributed by atoms with E-state index in [1.54, 1.807) is 0 Å². The lowest BCUT2D eigenvalue weighted by Gasteiger charge is -2.37. The summed E-state index contributed by atoms with van der Waals surface area (Å²) in [6.07, 6.45) is 6.11. The average Bonchev–Trinajstić information content (AvgIpc) is 2.92. The van der Waals surface area contributed by atoms with Gasteiger partial charge in [-0.2, -0.15) is 4.98 Å². The molecule has 0 aromatic carbocycles. The molecule has 2 aromatic heterocycles. The number of rotatable bonds is 5.